The van der Waals surface area contributed by atoms with Crippen molar-refractivity contribution in [1.82, 2.24) is 0 Å². The average molecular weight is 230 g/mol. The van der Waals surface area contributed by atoms with Crippen molar-refractivity contribution in [1.29, 1.82) is 0 Å². The van der Waals surface area contributed by atoms with Gasteiger partial charge in [-0.2, -0.15) is 0 Å². The van der Waals surface area contributed by atoms with Crippen molar-refractivity contribution >= 4 is 17.8 Å². The summed E-state index contributed by atoms with van der Waals surface area (Å²) in [6, 6.07) is 7.80. The summed E-state index contributed by atoms with van der Waals surface area (Å²) >= 11 is 0. The van der Waals surface area contributed by atoms with E-state index in [9.17, 15) is 9.59 Å². The Morgan fingerprint density at radius 2 is 2.00 bits per heavy atom. The van der Waals surface area contributed by atoms with Crippen molar-refractivity contribution in [3.63, 3.8) is 0 Å². The highest BCUT2D eigenvalue weighted by molar-refractivity contribution is 6.00. The lowest BCUT2D eigenvalue weighted by Crippen LogP contribution is -2.12. The molecule has 0 fully saturated rings. The van der Waals surface area contributed by atoms with Crippen LogP contribution in [0.2, 0.25) is 0 Å². The lowest BCUT2D eigenvalue weighted by atomic mass is 9.93. The van der Waals surface area contributed by atoms with Crippen LogP contribution in [0.5, 0.6) is 0 Å². The van der Waals surface area contributed by atoms with Gasteiger partial charge in [0.15, 0.2) is 0 Å². The maximum atomic E-state index is 11.6. The molecule has 0 amide bonds. The zero-order chi connectivity index (χ0) is 12.3. The fraction of sp³-hybridized carbons (Fsp3) is 0.286. The summed E-state index contributed by atoms with van der Waals surface area (Å²) in [5.74, 6) is -0.341. The molecule has 0 unspecified atom stereocenters. The lowest BCUT2D eigenvalue weighted by molar-refractivity contribution is -0.137. The van der Waals surface area contributed by atoms with Crippen LogP contribution in [0.4, 0.5) is 0 Å². The normalized spacial score (nSPS) is 18.4. The van der Waals surface area contributed by atoms with E-state index in [1.54, 1.807) is 6.08 Å². The number of ether oxygens (including phenoxy) is 1. The Kier molecular flexibility index (Phi) is 3.38. The summed E-state index contributed by atoms with van der Waals surface area (Å²) in [6.45, 7) is 0. The van der Waals surface area contributed by atoms with E-state index in [4.69, 9.17) is 0 Å². The summed E-state index contributed by atoms with van der Waals surface area (Å²) in [6.07, 6.45) is 3.14. The third-order valence-corrected chi connectivity index (χ3v) is 2.89. The highest BCUT2D eigenvalue weighted by atomic mass is 16.5. The molecule has 3 nitrogen and oxygen atoms in total. The molecule has 0 radical (unpaired) electrons. The molecule has 0 saturated heterocycles. The van der Waals surface area contributed by atoms with Crippen LogP contribution in [-0.2, 0) is 20.7 Å². The number of carbonyl (C=O) groups is 2. The highest BCUT2D eigenvalue weighted by Gasteiger charge is 2.17. The first-order chi connectivity index (χ1) is 8.20. The van der Waals surface area contributed by atoms with Crippen molar-refractivity contribution in [2.45, 2.75) is 19.3 Å². The second kappa shape index (κ2) is 4.95. The van der Waals surface area contributed by atoms with Gasteiger partial charge < -0.3 is 4.74 Å². The van der Waals surface area contributed by atoms with Gasteiger partial charge in [0, 0.05) is 18.4 Å². The van der Waals surface area contributed by atoms with Gasteiger partial charge >= 0.3 is 5.97 Å². The molecule has 0 heterocycles. The third-order valence-electron chi connectivity index (χ3n) is 2.89. The van der Waals surface area contributed by atoms with Crippen molar-refractivity contribution in [2.24, 2.45) is 0 Å². The van der Waals surface area contributed by atoms with Crippen LogP contribution >= 0.6 is 0 Å². The first-order valence-corrected chi connectivity index (χ1v) is 5.59. The van der Waals surface area contributed by atoms with Crippen LogP contribution in [-0.4, -0.2) is 18.9 Å². The Balaban J connectivity index is 2.45. The maximum absolute atomic E-state index is 11.6. The number of Topliss-reactive ketones (excluding diaryl/α,β-unsaturated/α-hetero) is 1. The van der Waals surface area contributed by atoms with Crippen molar-refractivity contribution in [3.05, 3.63) is 41.0 Å². The van der Waals surface area contributed by atoms with Crippen molar-refractivity contribution in [2.75, 3.05) is 7.11 Å². The molecule has 0 atom stereocenters. The first kappa shape index (κ1) is 11.6. The van der Waals surface area contributed by atoms with Gasteiger partial charge in [-0.15, -0.1) is 0 Å². The smallest absolute Gasteiger partial charge is 0.334 e. The maximum Gasteiger partial charge on any atom is 0.334 e. The Morgan fingerprint density at radius 3 is 2.76 bits per heavy atom. The van der Waals surface area contributed by atoms with Gasteiger partial charge in [-0.25, -0.2) is 4.79 Å². The number of methoxy groups -OCH3 is 1. The van der Waals surface area contributed by atoms with Gasteiger partial charge in [-0.05, 0) is 23.6 Å². The zero-order valence-electron chi connectivity index (χ0n) is 9.73. The van der Waals surface area contributed by atoms with Gasteiger partial charge in [0.1, 0.15) is 5.78 Å². The van der Waals surface area contributed by atoms with E-state index in [-0.39, 0.29) is 12.2 Å². The average Bonchev–Trinajstić information content (AvgIpc) is 2.33. The van der Waals surface area contributed by atoms with Crippen LogP contribution < -0.4 is 0 Å². The van der Waals surface area contributed by atoms with Gasteiger partial charge in [0.05, 0.1) is 7.11 Å². The van der Waals surface area contributed by atoms with Crippen LogP contribution in [0.15, 0.2) is 29.8 Å². The largest absolute Gasteiger partial charge is 0.466 e. The highest BCUT2D eigenvalue weighted by Crippen LogP contribution is 2.21. The van der Waals surface area contributed by atoms with Gasteiger partial charge in [0.25, 0.3) is 0 Å². The molecule has 1 aliphatic rings. The molecule has 0 aromatic heterocycles. The summed E-state index contributed by atoms with van der Waals surface area (Å²) < 4.78 is 4.69. The topological polar surface area (TPSA) is 43.4 Å². The van der Waals surface area contributed by atoms with E-state index < -0.39 is 5.97 Å². The van der Waals surface area contributed by atoms with Crippen molar-refractivity contribution in [3.8, 4) is 0 Å². The molecule has 0 N–H and O–H groups in total. The number of benzene rings is 1. The minimum Gasteiger partial charge on any atom is -0.466 e. The van der Waals surface area contributed by atoms with E-state index in [0.29, 0.717) is 12.0 Å². The first-order valence-electron chi connectivity index (χ1n) is 5.59. The monoisotopic (exact) mass is 230 g/mol. The number of aryl methyl sites for hydroxylation is 1. The van der Waals surface area contributed by atoms with Crippen LogP contribution in [0.1, 0.15) is 24.0 Å². The fourth-order valence-corrected chi connectivity index (χ4v) is 1.98. The lowest BCUT2D eigenvalue weighted by Gasteiger charge is -2.12. The molecular formula is C14H14O3. The van der Waals surface area contributed by atoms with Crippen molar-refractivity contribution < 1.29 is 14.3 Å². The number of carbonyl (C=O) groups excluding carboxylic acids is 2. The second-order valence-electron chi connectivity index (χ2n) is 4.08. The van der Waals surface area contributed by atoms with E-state index in [1.165, 1.54) is 7.11 Å². The summed E-state index contributed by atoms with van der Waals surface area (Å²) in [7, 11) is 1.33. The summed E-state index contributed by atoms with van der Waals surface area (Å²) in [5.41, 5.74) is 2.53. The van der Waals surface area contributed by atoms with E-state index in [2.05, 4.69) is 4.74 Å². The summed E-state index contributed by atoms with van der Waals surface area (Å²) in [5, 5.41) is 0. The fourth-order valence-electron chi connectivity index (χ4n) is 1.98. The zero-order valence-corrected chi connectivity index (χ0v) is 9.73. The van der Waals surface area contributed by atoms with E-state index in [0.717, 1.165) is 17.5 Å². The number of hydrogen-bond acceptors (Lipinski definition) is 3. The SMILES string of the molecule is COC(=O)/C1=C/c2ccccc2CCC(=O)C1. The van der Waals surface area contributed by atoms with E-state index in [1.807, 2.05) is 24.3 Å². The molecule has 1 aromatic rings. The molecule has 3 heteroatoms. The minimum absolute atomic E-state index is 0.0798. The molecule has 1 aliphatic carbocycles. The van der Waals surface area contributed by atoms with Gasteiger partial charge in [0.2, 0.25) is 0 Å². The number of ketones is 1. The van der Waals surface area contributed by atoms with Crippen LogP contribution in [0.3, 0.4) is 0 Å². The van der Waals surface area contributed by atoms with Gasteiger partial charge in [-0.1, -0.05) is 24.3 Å². The quantitative estimate of drug-likeness (QED) is 0.694. The molecule has 88 valence electrons. The number of esters is 1. The summed E-state index contributed by atoms with van der Waals surface area (Å²) in [4.78, 5) is 23.2. The molecule has 17 heavy (non-hydrogen) atoms. The molecule has 0 bridgehead atoms. The molecular weight excluding hydrogens is 216 g/mol. The van der Waals surface area contributed by atoms with Crippen LogP contribution in [0, 0.1) is 0 Å². The predicted molar refractivity (Wildman–Crippen MR) is 64.4 cm³/mol. The Hall–Kier alpha value is -1.90. The minimum atomic E-state index is -0.421. The third kappa shape index (κ3) is 2.61. The number of fused-ring (bicyclic) bond motifs is 1. The number of hydrogen-bond donors (Lipinski definition) is 0. The molecule has 0 aliphatic heterocycles. The number of rotatable bonds is 1. The Morgan fingerprint density at radius 1 is 1.24 bits per heavy atom. The predicted octanol–water partition coefficient (Wildman–Crippen LogP) is 2.15. The van der Waals surface area contributed by atoms with E-state index >= 15 is 0 Å². The Labute approximate surface area is 100 Å². The molecule has 1 aromatic carbocycles. The second-order valence-corrected chi connectivity index (χ2v) is 4.08. The van der Waals surface area contributed by atoms with Crippen LogP contribution in [0.25, 0.3) is 6.08 Å². The molecule has 0 saturated carbocycles. The Bertz CT molecular complexity index is 486. The van der Waals surface area contributed by atoms with Gasteiger partial charge in [-0.3, -0.25) is 4.79 Å². The standard InChI is InChI=1S/C14H14O3/c1-17-14(16)12-8-11-5-3-2-4-10(11)6-7-13(15)9-12/h2-5,8H,6-7,9H2,1H3/b12-8+. The molecule has 2 rings (SSSR count). The molecule has 0 spiro atoms.